The van der Waals surface area contributed by atoms with Gasteiger partial charge in [-0.1, -0.05) is 20.8 Å². The van der Waals surface area contributed by atoms with Crippen molar-refractivity contribution in [3.63, 3.8) is 0 Å². The van der Waals surface area contributed by atoms with Gasteiger partial charge in [-0.15, -0.1) is 0 Å². The molecule has 0 aliphatic carbocycles. The number of rotatable bonds is 4. The molecule has 0 aromatic heterocycles. The summed E-state index contributed by atoms with van der Waals surface area (Å²) in [4.78, 5) is 0. The highest BCUT2D eigenvalue weighted by Gasteiger charge is 2.38. The van der Waals surface area contributed by atoms with Crippen molar-refractivity contribution in [2.24, 2.45) is 0 Å². The summed E-state index contributed by atoms with van der Waals surface area (Å²) in [6.07, 6.45) is 2.02. The zero-order valence-corrected chi connectivity index (χ0v) is 16.4. The Morgan fingerprint density at radius 2 is 1.50 bits per heavy atom. The summed E-state index contributed by atoms with van der Waals surface area (Å²) in [6.45, 7) is 11.2. The summed E-state index contributed by atoms with van der Waals surface area (Å²) in [5, 5.41) is 0.181. The summed E-state index contributed by atoms with van der Waals surface area (Å²) < 4.78 is 21.3. The van der Waals surface area contributed by atoms with Gasteiger partial charge in [0.05, 0.1) is 0 Å². The van der Waals surface area contributed by atoms with E-state index in [4.69, 9.17) is 4.43 Å². The quantitative estimate of drug-likeness (QED) is 0.399. The molecule has 0 amide bonds. The van der Waals surface area contributed by atoms with Crippen LogP contribution < -0.4 is 4.43 Å². The fourth-order valence-electron chi connectivity index (χ4n) is 2.04. The van der Waals surface area contributed by atoms with Crippen molar-refractivity contribution >= 4 is 20.2 Å². The maximum Gasteiger partial charge on any atom is 0.250 e. The lowest BCUT2D eigenvalue weighted by Crippen LogP contribution is -2.43. The molecule has 0 radical (unpaired) electrons. The zero-order chi connectivity index (χ0) is 18.0. The lowest BCUT2D eigenvalue weighted by atomic mass is 10.2. The minimum absolute atomic E-state index is 0.181. The molecule has 2 aromatic carbocycles. The lowest BCUT2D eigenvalue weighted by Gasteiger charge is -2.36. The van der Waals surface area contributed by atoms with Crippen LogP contribution in [0.3, 0.4) is 0 Å². The Morgan fingerprint density at radius 3 is 2.00 bits per heavy atom. The van der Waals surface area contributed by atoms with E-state index < -0.39 is 8.32 Å². The molecule has 0 saturated heterocycles. The first-order valence-electron chi connectivity index (χ1n) is 8.21. The van der Waals surface area contributed by atoms with Crippen LogP contribution in [-0.2, 0) is 0 Å². The monoisotopic (exact) mass is 344 g/mol. The van der Waals surface area contributed by atoms with Crippen molar-refractivity contribution < 1.29 is 13.4 Å². The van der Waals surface area contributed by atoms with E-state index in [0.717, 1.165) is 17.0 Å². The molecule has 0 fully saturated rings. The summed E-state index contributed by atoms with van der Waals surface area (Å²) in [6, 6.07) is 14.6. The van der Waals surface area contributed by atoms with Crippen molar-refractivity contribution in [2.75, 3.05) is 7.05 Å². The van der Waals surface area contributed by atoms with Crippen LogP contribution in [0.1, 0.15) is 26.3 Å². The highest BCUT2D eigenvalue weighted by atomic mass is 28.4. The summed E-state index contributed by atoms with van der Waals surface area (Å²) in [5.74, 6) is 0.697. The summed E-state index contributed by atoms with van der Waals surface area (Å²) in [5.41, 5.74) is 2.02. The number of nitrogens with zero attached hydrogens (tertiary/aromatic N) is 1. The van der Waals surface area contributed by atoms with Crippen LogP contribution in [0.15, 0.2) is 48.5 Å². The molecule has 24 heavy (non-hydrogen) atoms. The van der Waals surface area contributed by atoms with Gasteiger partial charge in [-0.05, 0) is 54.5 Å². The van der Waals surface area contributed by atoms with Gasteiger partial charge in [0.1, 0.15) is 18.6 Å². The Kier molecular flexibility index (Phi) is 5.28. The first-order valence-corrected chi connectivity index (χ1v) is 11.1. The van der Waals surface area contributed by atoms with Gasteiger partial charge in [0.25, 0.3) is 0 Å². The maximum atomic E-state index is 13.0. The van der Waals surface area contributed by atoms with Crippen LogP contribution in [0.25, 0.3) is 0 Å². The topological polar surface area (TPSA) is 12.2 Å². The van der Waals surface area contributed by atoms with E-state index in [-0.39, 0.29) is 10.9 Å². The fraction of sp³-hybridized carbons (Fsp3) is 0.350. The second kappa shape index (κ2) is 6.89. The average Bonchev–Trinajstić information content (AvgIpc) is 2.48. The van der Waals surface area contributed by atoms with Crippen LogP contribution in [-0.4, -0.2) is 26.2 Å². The zero-order valence-electron chi connectivity index (χ0n) is 15.4. The predicted octanol–water partition coefficient (Wildman–Crippen LogP) is 5.60. The molecular weight excluding hydrogens is 317 g/mol. The molecule has 0 spiro atoms. The maximum absolute atomic E-state index is 13.0. The molecule has 0 N–H and O–H groups in total. The Hall–Kier alpha value is -1.94. The van der Waals surface area contributed by atoms with E-state index >= 15 is 0 Å². The molecule has 0 unspecified atom stereocenters. The third-order valence-electron chi connectivity index (χ3n) is 4.64. The van der Waals surface area contributed by atoms with Crippen molar-refractivity contribution in [1.82, 2.24) is 0 Å². The number of halogens is 1. The van der Waals surface area contributed by atoms with Crippen LogP contribution in [0.4, 0.5) is 10.1 Å². The molecule has 0 heterocycles. The van der Waals surface area contributed by atoms with E-state index in [9.17, 15) is 4.39 Å². The van der Waals surface area contributed by atoms with Crippen LogP contribution in [0, 0.1) is 5.82 Å². The molecule has 0 aliphatic rings. The number of hydrogen-bond acceptors (Lipinski definition) is 1. The van der Waals surface area contributed by atoms with Gasteiger partial charge in [-0.3, -0.25) is 0 Å². The largest absolute Gasteiger partial charge is 0.544 e. The minimum Gasteiger partial charge on any atom is -0.544 e. The van der Waals surface area contributed by atoms with Crippen LogP contribution in [0.5, 0.6) is 5.75 Å². The number of hydrogen-bond donors (Lipinski definition) is 0. The second-order valence-electron chi connectivity index (χ2n) is 7.65. The SMILES string of the molecule is C[N+](=Cc1ccc(O[Si](C)(C)C(C)(C)C)cc1)c1ccc(F)cc1. The lowest BCUT2D eigenvalue weighted by molar-refractivity contribution is -0.399. The van der Waals surface area contributed by atoms with Gasteiger partial charge in [0, 0.05) is 17.7 Å². The Labute approximate surface area is 145 Å². The highest BCUT2D eigenvalue weighted by molar-refractivity contribution is 6.74. The van der Waals surface area contributed by atoms with E-state index in [0.29, 0.717) is 0 Å². The van der Waals surface area contributed by atoms with Gasteiger partial charge >= 0.3 is 0 Å². The molecule has 0 atom stereocenters. The van der Waals surface area contributed by atoms with Gasteiger partial charge in [0.2, 0.25) is 14.0 Å². The van der Waals surface area contributed by atoms with Gasteiger partial charge in [-0.2, -0.15) is 0 Å². The molecule has 0 bridgehead atoms. The van der Waals surface area contributed by atoms with Crippen LogP contribution in [0.2, 0.25) is 18.1 Å². The molecule has 2 aromatic rings. The molecule has 0 saturated carbocycles. The van der Waals surface area contributed by atoms with Gasteiger partial charge in [0.15, 0.2) is 6.21 Å². The molecule has 0 aliphatic heterocycles. The molecule has 2 rings (SSSR count). The van der Waals surface area contributed by atoms with Gasteiger partial charge in [-0.25, -0.2) is 8.97 Å². The third-order valence-corrected chi connectivity index (χ3v) is 8.99. The normalized spacial score (nSPS) is 13.0. The van der Waals surface area contributed by atoms with Crippen molar-refractivity contribution in [2.45, 2.75) is 38.9 Å². The minimum atomic E-state index is -1.81. The second-order valence-corrected chi connectivity index (χ2v) is 12.4. The van der Waals surface area contributed by atoms with Crippen molar-refractivity contribution in [3.05, 3.63) is 59.9 Å². The Bertz CT molecular complexity index is 713. The molecule has 2 nitrogen and oxygen atoms in total. The highest BCUT2D eigenvalue weighted by Crippen LogP contribution is 2.37. The first kappa shape index (κ1) is 18.4. The Balaban J connectivity index is 2.15. The summed E-state index contributed by atoms with van der Waals surface area (Å²) in [7, 11) is 0.142. The van der Waals surface area contributed by atoms with E-state index in [1.165, 1.54) is 12.1 Å². The van der Waals surface area contributed by atoms with Crippen molar-refractivity contribution in [3.8, 4) is 5.75 Å². The van der Waals surface area contributed by atoms with E-state index in [1.807, 2.05) is 42.1 Å². The molecule has 128 valence electrons. The molecular formula is C20H27FNOSi+. The average molecular weight is 345 g/mol. The van der Waals surface area contributed by atoms with E-state index in [1.54, 1.807) is 12.1 Å². The van der Waals surface area contributed by atoms with Gasteiger partial charge < -0.3 is 4.43 Å². The predicted molar refractivity (Wildman–Crippen MR) is 102 cm³/mol. The third kappa shape index (κ3) is 4.54. The van der Waals surface area contributed by atoms with E-state index in [2.05, 4.69) is 33.9 Å². The summed E-state index contributed by atoms with van der Waals surface area (Å²) >= 11 is 0. The fourth-order valence-corrected chi connectivity index (χ4v) is 3.08. The Morgan fingerprint density at radius 1 is 0.958 bits per heavy atom. The first-order chi connectivity index (χ1) is 11.1. The standard InChI is InChI=1S/C20H27FNOSi/c1-20(2,3)24(5,6)23-19-13-7-16(8-14-19)15-22(4)18-11-9-17(21)10-12-18/h7-15H,1-6H3/q+1. The van der Waals surface area contributed by atoms with Crippen LogP contribution >= 0.6 is 0 Å². The smallest absolute Gasteiger partial charge is 0.250 e. The number of benzene rings is 2. The molecule has 4 heteroatoms. The van der Waals surface area contributed by atoms with Crippen molar-refractivity contribution in [1.29, 1.82) is 0 Å².